The summed E-state index contributed by atoms with van der Waals surface area (Å²) in [6.45, 7) is 1.79. The number of hydrogen-bond acceptors (Lipinski definition) is 2. The van der Waals surface area contributed by atoms with Gasteiger partial charge in [-0.05, 0) is 18.5 Å². The molecule has 0 heterocycles. The van der Waals surface area contributed by atoms with Crippen LogP contribution in [0.4, 0.5) is 9.59 Å². The van der Waals surface area contributed by atoms with Crippen LogP contribution in [-0.2, 0) is 0 Å². The Morgan fingerprint density at radius 3 is 2.09 bits per heavy atom. The van der Waals surface area contributed by atoms with Crippen molar-refractivity contribution in [2.45, 2.75) is 6.92 Å². The molecule has 0 aliphatic rings. The third kappa shape index (κ3) is 2.63. The van der Waals surface area contributed by atoms with Crippen LogP contribution in [0.15, 0.2) is 0 Å². The number of hydrogen-bond donors (Lipinski definition) is 1. The van der Waals surface area contributed by atoms with Gasteiger partial charge in [-0.15, -0.1) is 0 Å². The lowest BCUT2D eigenvalue weighted by atomic mass is 10.7. The van der Waals surface area contributed by atoms with Crippen LogP contribution in [0.5, 0.6) is 0 Å². The highest BCUT2D eigenvalue weighted by Gasteiger charge is 2.17. The highest BCUT2D eigenvalue weighted by molar-refractivity contribution is 6.62. The van der Waals surface area contributed by atoms with Crippen molar-refractivity contribution in [3.63, 3.8) is 0 Å². The van der Waals surface area contributed by atoms with E-state index in [0.29, 0.717) is 0 Å². The van der Waals surface area contributed by atoms with Gasteiger partial charge in [-0.1, -0.05) is 0 Å². The maximum atomic E-state index is 10.4. The van der Waals surface area contributed by atoms with Gasteiger partial charge >= 0.3 is 11.5 Å². The molecule has 2 amide bonds. The molecule has 0 bridgehead atoms. The zero-order chi connectivity index (χ0) is 9.02. The number of carbonyl (C=O) groups is 2. The number of amides is 2. The standard InChI is InChI=1S/C5H9ClN2O3/c1-3-8(5(10)11)7(2)4(6)9/h3H2,1-2H3,(H,10,11). The van der Waals surface area contributed by atoms with E-state index in [1.54, 1.807) is 6.92 Å². The molecule has 0 aliphatic carbocycles. The Kier molecular flexibility index (Phi) is 3.67. The van der Waals surface area contributed by atoms with Crippen LogP contribution in [0.2, 0.25) is 0 Å². The summed E-state index contributed by atoms with van der Waals surface area (Å²) in [7, 11) is 1.28. The Morgan fingerprint density at radius 1 is 1.55 bits per heavy atom. The van der Waals surface area contributed by atoms with Gasteiger partial charge in [0.1, 0.15) is 0 Å². The van der Waals surface area contributed by atoms with E-state index < -0.39 is 11.5 Å². The van der Waals surface area contributed by atoms with Crippen molar-refractivity contribution in [1.82, 2.24) is 10.0 Å². The highest BCUT2D eigenvalue weighted by Crippen LogP contribution is 1.99. The van der Waals surface area contributed by atoms with Gasteiger partial charge in [0, 0.05) is 13.6 Å². The molecule has 0 spiro atoms. The molecule has 0 aromatic heterocycles. The molecule has 5 nitrogen and oxygen atoms in total. The van der Waals surface area contributed by atoms with Crippen LogP contribution in [0, 0.1) is 0 Å². The maximum Gasteiger partial charge on any atom is 0.426 e. The van der Waals surface area contributed by atoms with Crippen molar-refractivity contribution in [3.8, 4) is 0 Å². The first-order valence-electron chi connectivity index (χ1n) is 2.94. The fraction of sp³-hybridized carbons (Fsp3) is 0.600. The van der Waals surface area contributed by atoms with Crippen molar-refractivity contribution in [3.05, 3.63) is 0 Å². The first-order chi connectivity index (χ1) is 5.00. The smallest absolute Gasteiger partial charge is 0.426 e. The van der Waals surface area contributed by atoms with Gasteiger partial charge in [0.25, 0.3) is 0 Å². The average molecular weight is 181 g/mol. The van der Waals surface area contributed by atoms with Gasteiger partial charge in [0.15, 0.2) is 0 Å². The number of halogens is 1. The predicted octanol–water partition coefficient (Wildman–Crippen LogP) is 1.19. The second kappa shape index (κ2) is 4.02. The lowest BCUT2D eigenvalue weighted by molar-refractivity contribution is 0.0512. The molecule has 0 fully saturated rings. The van der Waals surface area contributed by atoms with Crippen molar-refractivity contribution < 1.29 is 14.7 Å². The summed E-state index contributed by atoms with van der Waals surface area (Å²) in [6, 6.07) is 0. The normalized spacial score (nSPS) is 9.00. The molecule has 0 aromatic carbocycles. The van der Waals surface area contributed by atoms with Crippen LogP contribution in [0.3, 0.4) is 0 Å². The van der Waals surface area contributed by atoms with E-state index in [4.69, 9.17) is 16.7 Å². The summed E-state index contributed by atoms with van der Waals surface area (Å²) in [5, 5.41) is 9.27. The van der Waals surface area contributed by atoms with Crippen LogP contribution in [0.1, 0.15) is 6.92 Å². The molecule has 64 valence electrons. The lowest BCUT2D eigenvalue weighted by Crippen LogP contribution is -2.44. The van der Waals surface area contributed by atoms with Crippen LogP contribution >= 0.6 is 11.6 Å². The van der Waals surface area contributed by atoms with Gasteiger partial charge < -0.3 is 5.11 Å². The monoisotopic (exact) mass is 180 g/mol. The molecule has 0 saturated heterocycles. The average Bonchev–Trinajstić information content (AvgIpc) is 1.88. The van der Waals surface area contributed by atoms with Gasteiger partial charge in [0.2, 0.25) is 0 Å². The first kappa shape index (κ1) is 10.0. The Bertz CT molecular complexity index is 173. The Hall–Kier alpha value is -0.970. The summed E-state index contributed by atoms with van der Waals surface area (Å²) >= 11 is 5.03. The fourth-order valence-electron chi connectivity index (χ4n) is 0.571. The quantitative estimate of drug-likeness (QED) is 0.375. The van der Waals surface area contributed by atoms with Gasteiger partial charge in [-0.3, -0.25) is 4.79 Å². The van der Waals surface area contributed by atoms with Crippen molar-refractivity contribution in [2.24, 2.45) is 0 Å². The molecule has 0 aliphatic heterocycles. The summed E-state index contributed by atoms with van der Waals surface area (Å²) < 4.78 is 0. The van der Waals surface area contributed by atoms with E-state index in [1.165, 1.54) is 7.05 Å². The Morgan fingerprint density at radius 2 is 2.00 bits per heavy atom. The Balaban J connectivity index is 4.25. The second-order valence-electron chi connectivity index (χ2n) is 1.77. The minimum atomic E-state index is -1.20. The summed E-state index contributed by atoms with van der Waals surface area (Å²) in [6.07, 6.45) is -1.20. The molecule has 6 heteroatoms. The van der Waals surface area contributed by atoms with E-state index in [0.717, 1.165) is 10.0 Å². The van der Waals surface area contributed by atoms with Gasteiger partial charge in [0.05, 0.1) is 0 Å². The van der Waals surface area contributed by atoms with Crippen molar-refractivity contribution in [1.29, 1.82) is 0 Å². The molecular weight excluding hydrogens is 172 g/mol. The molecule has 11 heavy (non-hydrogen) atoms. The molecule has 1 N–H and O–H groups in total. The van der Waals surface area contributed by atoms with Gasteiger partial charge in [-0.25, -0.2) is 14.8 Å². The van der Waals surface area contributed by atoms with E-state index in [1.807, 2.05) is 0 Å². The van der Waals surface area contributed by atoms with Crippen LogP contribution in [0.25, 0.3) is 0 Å². The van der Waals surface area contributed by atoms with Gasteiger partial charge in [-0.2, -0.15) is 0 Å². The molecule has 0 rings (SSSR count). The Labute approximate surface area is 69.1 Å². The molecule has 0 atom stereocenters. The summed E-state index contributed by atoms with van der Waals surface area (Å²) in [5.74, 6) is 0. The first-order valence-corrected chi connectivity index (χ1v) is 3.32. The minimum Gasteiger partial charge on any atom is -0.464 e. The zero-order valence-electron chi connectivity index (χ0n) is 6.24. The lowest BCUT2D eigenvalue weighted by Gasteiger charge is -2.25. The zero-order valence-corrected chi connectivity index (χ0v) is 7.00. The third-order valence-electron chi connectivity index (χ3n) is 1.14. The van der Waals surface area contributed by atoms with E-state index in [9.17, 15) is 9.59 Å². The number of carboxylic acid groups (broad SMARTS) is 1. The molecular formula is C5H9ClN2O3. The topological polar surface area (TPSA) is 60.9 Å². The summed E-state index contributed by atoms with van der Waals surface area (Å²) in [4.78, 5) is 20.8. The van der Waals surface area contributed by atoms with Crippen molar-refractivity contribution in [2.75, 3.05) is 13.6 Å². The second-order valence-corrected chi connectivity index (χ2v) is 2.10. The van der Waals surface area contributed by atoms with Crippen LogP contribution < -0.4 is 0 Å². The fourth-order valence-corrected chi connectivity index (χ4v) is 0.662. The SMILES string of the molecule is CCN(C(=O)O)N(C)C(=O)Cl. The minimum absolute atomic E-state index is 0.185. The number of nitrogens with zero attached hydrogens (tertiary/aromatic N) is 2. The largest absolute Gasteiger partial charge is 0.464 e. The molecule has 0 saturated carbocycles. The maximum absolute atomic E-state index is 10.4. The molecule has 0 aromatic rings. The summed E-state index contributed by atoms with van der Waals surface area (Å²) in [5.41, 5.74) is 0. The van der Waals surface area contributed by atoms with Crippen molar-refractivity contribution >= 4 is 23.1 Å². The number of rotatable bonds is 1. The predicted molar refractivity (Wildman–Crippen MR) is 39.4 cm³/mol. The van der Waals surface area contributed by atoms with Crippen LogP contribution in [-0.4, -0.2) is 40.2 Å². The third-order valence-corrected chi connectivity index (χ3v) is 1.38. The van der Waals surface area contributed by atoms with E-state index in [2.05, 4.69) is 0 Å². The molecule has 0 unspecified atom stereocenters. The van der Waals surface area contributed by atoms with E-state index >= 15 is 0 Å². The number of hydrazine groups is 1. The van der Waals surface area contributed by atoms with E-state index in [-0.39, 0.29) is 6.54 Å². The number of carbonyl (C=O) groups excluding carboxylic acids is 1. The molecule has 0 radical (unpaired) electrons. The highest BCUT2D eigenvalue weighted by atomic mass is 35.5.